The molecule has 0 saturated carbocycles. The van der Waals surface area contributed by atoms with Gasteiger partial charge in [-0.05, 0) is 43.7 Å². The Bertz CT molecular complexity index is 762. The third kappa shape index (κ3) is 2.32. The molecule has 0 amide bonds. The van der Waals surface area contributed by atoms with Crippen LogP contribution in [0.25, 0.3) is 17.2 Å². The van der Waals surface area contributed by atoms with E-state index in [1.165, 1.54) is 0 Å². The molecule has 0 atom stereocenters. The van der Waals surface area contributed by atoms with Gasteiger partial charge in [-0.2, -0.15) is 0 Å². The molecule has 0 radical (unpaired) electrons. The zero-order chi connectivity index (χ0) is 14.1. The van der Waals surface area contributed by atoms with Crippen molar-refractivity contribution in [2.24, 2.45) is 0 Å². The van der Waals surface area contributed by atoms with Gasteiger partial charge in [0.15, 0.2) is 5.82 Å². The van der Waals surface area contributed by atoms with E-state index in [1.54, 1.807) is 6.20 Å². The zero-order valence-electron chi connectivity index (χ0n) is 11.3. The van der Waals surface area contributed by atoms with Gasteiger partial charge in [0.1, 0.15) is 5.69 Å². The predicted octanol–water partition coefficient (Wildman–Crippen LogP) is 4.20. The van der Waals surface area contributed by atoms with Gasteiger partial charge in [0.2, 0.25) is 0 Å². The summed E-state index contributed by atoms with van der Waals surface area (Å²) in [5.41, 5.74) is 3.99. The molecule has 0 aliphatic rings. The average Bonchev–Trinajstić information content (AvgIpc) is 2.90. The molecule has 0 spiro atoms. The van der Waals surface area contributed by atoms with Crippen LogP contribution in [0.5, 0.6) is 0 Å². The van der Waals surface area contributed by atoms with E-state index in [0.29, 0.717) is 5.02 Å². The molecule has 2 heterocycles. The van der Waals surface area contributed by atoms with Gasteiger partial charge < -0.3 is 0 Å². The van der Waals surface area contributed by atoms with E-state index in [-0.39, 0.29) is 0 Å². The summed E-state index contributed by atoms with van der Waals surface area (Å²) >= 11 is 6.11. The van der Waals surface area contributed by atoms with Crippen LogP contribution < -0.4 is 0 Å². The number of nitrogens with zero attached hydrogens (tertiary/aromatic N) is 3. The molecule has 0 saturated heterocycles. The summed E-state index contributed by atoms with van der Waals surface area (Å²) < 4.78 is 2.02. The number of rotatable bonds is 2. The van der Waals surface area contributed by atoms with Crippen LogP contribution in [0.4, 0.5) is 0 Å². The second-order valence-corrected chi connectivity index (χ2v) is 5.15. The molecule has 0 N–H and O–H groups in total. The van der Waals surface area contributed by atoms with Gasteiger partial charge >= 0.3 is 0 Å². The number of aromatic nitrogens is 3. The maximum Gasteiger partial charge on any atom is 0.163 e. The number of aryl methyl sites for hydroxylation is 2. The maximum absolute atomic E-state index is 6.11. The second kappa shape index (κ2) is 5.10. The van der Waals surface area contributed by atoms with Crippen LogP contribution in [0.1, 0.15) is 11.3 Å². The lowest BCUT2D eigenvalue weighted by Gasteiger charge is -2.11. The van der Waals surface area contributed by atoms with E-state index in [0.717, 1.165) is 28.5 Å². The minimum Gasteiger partial charge on any atom is -0.298 e. The quantitative estimate of drug-likeness (QED) is 0.705. The Morgan fingerprint density at radius 3 is 2.75 bits per heavy atom. The lowest BCUT2D eigenvalue weighted by molar-refractivity contribution is 1.03. The lowest BCUT2D eigenvalue weighted by Crippen LogP contribution is -2.00. The molecule has 0 bridgehead atoms. The first-order valence-electron chi connectivity index (χ1n) is 6.39. The van der Waals surface area contributed by atoms with Crippen LogP contribution in [-0.4, -0.2) is 14.5 Å². The van der Waals surface area contributed by atoms with E-state index in [1.807, 2.05) is 54.1 Å². The Kier molecular flexibility index (Phi) is 3.28. The molecule has 0 unspecified atom stereocenters. The van der Waals surface area contributed by atoms with Crippen molar-refractivity contribution in [1.82, 2.24) is 14.5 Å². The van der Waals surface area contributed by atoms with Gasteiger partial charge in [0.25, 0.3) is 0 Å². The molecule has 2 aromatic heterocycles. The third-order valence-electron chi connectivity index (χ3n) is 3.19. The van der Waals surface area contributed by atoms with Crippen molar-refractivity contribution in [1.29, 1.82) is 0 Å². The fraction of sp³-hybridized carbons (Fsp3) is 0.125. The van der Waals surface area contributed by atoms with Crippen molar-refractivity contribution in [3.63, 3.8) is 0 Å². The monoisotopic (exact) mass is 283 g/mol. The van der Waals surface area contributed by atoms with Crippen LogP contribution in [0.15, 0.2) is 48.8 Å². The van der Waals surface area contributed by atoms with Gasteiger partial charge in [0.05, 0.1) is 5.69 Å². The minimum atomic E-state index is 0.711. The largest absolute Gasteiger partial charge is 0.298 e. The maximum atomic E-state index is 6.11. The Hall–Kier alpha value is -2.13. The van der Waals surface area contributed by atoms with Gasteiger partial charge in [-0.25, -0.2) is 9.97 Å². The Morgan fingerprint density at radius 1 is 1.10 bits per heavy atom. The molecular weight excluding hydrogens is 270 g/mol. The lowest BCUT2D eigenvalue weighted by atomic mass is 10.2. The highest BCUT2D eigenvalue weighted by Crippen LogP contribution is 2.24. The Balaban J connectivity index is 2.18. The van der Waals surface area contributed by atoms with Crippen molar-refractivity contribution in [3.8, 4) is 17.2 Å². The first-order chi connectivity index (χ1) is 9.65. The fourth-order valence-corrected chi connectivity index (χ4v) is 2.36. The summed E-state index contributed by atoms with van der Waals surface area (Å²) in [6.07, 6.45) is 3.71. The number of halogens is 1. The van der Waals surface area contributed by atoms with Crippen molar-refractivity contribution >= 4 is 11.6 Å². The van der Waals surface area contributed by atoms with Gasteiger partial charge in [0, 0.05) is 23.1 Å². The molecule has 3 rings (SSSR count). The van der Waals surface area contributed by atoms with Crippen molar-refractivity contribution < 1.29 is 0 Å². The Morgan fingerprint density at radius 2 is 1.95 bits per heavy atom. The van der Waals surface area contributed by atoms with Crippen LogP contribution >= 0.6 is 11.6 Å². The second-order valence-electron chi connectivity index (χ2n) is 4.72. The van der Waals surface area contributed by atoms with Crippen molar-refractivity contribution in [2.75, 3.05) is 0 Å². The van der Waals surface area contributed by atoms with E-state index in [4.69, 9.17) is 11.6 Å². The Labute approximate surface area is 122 Å². The van der Waals surface area contributed by atoms with E-state index < -0.39 is 0 Å². The van der Waals surface area contributed by atoms with Gasteiger partial charge in [-0.1, -0.05) is 23.7 Å². The van der Waals surface area contributed by atoms with Crippen LogP contribution in [0.2, 0.25) is 5.02 Å². The fourth-order valence-electron chi connectivity index (χ4n) is 2.20. The minimum absolute atomic E-state index is 0.711. The predicted molar refractivity (Wildman–Crippen MR) is 81.3 cm³/mol. The number of hydrogen-bond donors (Lipinski definition) is 0. The zero-order valence-corrected chi connectivity index (χ0v) is 12.1. The van der Waals surface area contributed by atoms with Crippen molar-refractivity contribution in [3.05, 3.63) is 65.1 Å². The van der Waals surface area contributed by atoms with Crippen LogP contribution in [0, 0.1) is 13.8 Å². The molecule has 0 aliphatic heterocycles. The van der Waals surface area contributed by atoms with E-state index in [9.17, 15) is 0 Å². The molecule has 3 nitrogen and oxygen atoms in total. The number of benzene rings is 1. The van der Waals surface area contributed by atoms with Gasteiger partial charge in [-0.15, -0.1) is 0 Å². The van der Waals surface area contributed by atoms with E-state index in [2.05, 4.69) is 16.9 Å². The molecule has 100 valence electrons. The summed E-state index contributed by atoms with van der Waals surface area (Å²) in [6, 6.07) is 11.8. The molecule has 4 heteroatoms. The summed E-state index contributed by atoms with van der Waals surface area (Å²) in [5, 5.41) is 0.711. The molecule has 0 fully saturated rings. The number of hydrogen-bond acceptors (Lipinski definition) is 2. The topological polar surface area (TPSA) is 30.7 Å². The molecule has 20 heavy (non-hydrogen) atoms. The van der Waals surface area contributed by atoms with Gasteiger partial charge in [-0.3, -0.25) is 4.57 Å². The summed E-state index contributed by atoms with van der Waals surface area (Å²) in [4.78, 5) is 8.97. The highest BCUT2D eigenvalue weighted by atomic mass is 35.5. The SMILES string of the molecule is Cc1cccc(-c2nccn2-c2cc(Cl)ccc2C)n1. The molecule has 1 aromatic carbocycles. The smallest absolute Gasteiger partial charge is 0.163 e. The molecule has 0 aliphatic carbocycles. The molecular formula is C16H14ClN3. The highest BCUT2D eigenvalue weighted by molar-refractivity contribution is 6.30. The summed E-state index contributed by atoms with van der Waals surface area (Å²) in [5.74, 6) is 0.819. The van der Waals surface area contributed by atoms with Crippen LogP contribution in [0.3, 0.4) is 0 Å². The third-order valence-corrected chi connectivity index (χ3v) is 3.42. The summed E-state index contributed by atoms with van der Waals surface area (Å²) in [7, 11) is 0. The van der Waals surface area contributed by atoms with Crippen molar-refractivity contribution in [2.45, 2.75) is 13.8 Å². The average molecular weight is 284 g/mol. The molecule has 3 aromatic rings. The van der Waals surface area contributed by atoms with E-state index >= 15 is 0 Å². The first-order valence-corrected chi connectivity index (χ1v) is 6.77. The normalized spacial score (nSPS) is 10.8. The number of imidazole rings is 1. The number of pyridine rings is 1. The standard InChI is InChI=1S/C16H14ClN3/c1-11-6-7-13(17)10-15(11)20-9-8-18-16(20)14-5-3-4-12(2)19-14/h3-10H,1-2H3. The highest BCUT2D eigenvalue weighted by Gasteiger charge is 2.11. The van der Waals surface area contributed by atoms with Crippen LogP contribution in [-0.2, 0) is 0 Å². The first kappa shape index (κ1) is 12.9. The summed E-state index contributed by atoms with van der Waals surface area (Å²) in [6.45, 7) is 4.03.